The van der Waals surface area contributed by atoms with Crippen molar-refractivity contribution in [3.8, 4) is 17.1 Å². The van der Waals surface area contributed by atoms with Gasteiger partial charge in [-0.05, 0) is 71.5 Å². The van der Waals surface area contributed by atoms with Crippen LogP contribution in [0.1, 0.15) is 31.4 Å². The van der Waals surface area contributed by atoms with E-state index < -0.39 is 5.82 Å². The molecule has 0 spiro atoms. The summed E-state index contributed by atoms with van der Waals surface area (Å²) in [6, 6.07) is 5.91. The molecule has 1 saturated heterocycles. The number of nitrogens with zero attached hydrogens (tertiary/aromatic N) is 6. The largest absolute Gasteiger partial charge is 0.463 e. The summed E-state index contributed by atoms with van der Waals surface area (Å²) >= 11 is 0. The summed E-state index contributed by atoms with van der Waals surface area (Å²) in [5, 5.41) is 8.77. The van der Waals surface area contributed by atoms with Crippen molar-refractivity contribution in [3.05, 3.63) is 54.0 Å². The van der Waals surface area contributed by atoms with Crippen LogP contribution < -0.4 is 9.64 Å². The second kappa shape index (κ2) is 11.4. The van der Waals surface area contributed by atoms with Crippen LogP contribution in [-0.4, -0.2) is 88.3 Å². The number of H-pyrrole nitrogens is 1. The molecule has 2 aromatic carbocycles. The van der Waals surface area contributed by atoms with Gasteiger partial charge in [0.15, 0.2) is 5.82 Å². The Labute approximate surface area is 240 Å². The third kappa shape index (κ3) is 5.36. The number of aryl methyl sites for hydroxylation is 2. The monoisotopic (exact) mass is 559 g/mol. The van der Waals surface area contributed by atoms with Crippen LogP contribution in [0.4, 0.5) is 10.2 Å². The van der Waals surface area contributed by atoms with Gasteiger partial charge < -0.3 is 19.4 Å². The Kier molecular flexibility index (Phi) is 7.95. The van der Waals surface area contributed by atoms with Crippen LogP contribution in [0.2, 0.25) is 0 Å². The lowest BCUT2D eigenvalue weighted by molar-refractivity contribution is -0.128. The van der Waals surface area contributed by atoms with Crippen molar-refractivity contribution >= 4 is 33.5 Å². The molecular formula is C31H38FN7O2. The number of aromatic nitrogens is 4. The fraction of sp³-hybridized carbons (Fsp3) is 0.419. The van der Waals surface area contributed by atoms with Crippen LogP contribution in [0.3, 0.4) is 0 Å². The third-order valence-corrected chi connectivity index (χ3v) is 7.86. The van der Waals surface area contributed by atoms with Gasteiger partial charge in [0, 0.05) is 53.6 Å². The Bertz CT molecular complexity index is 1620. The number of anilines is 1. The molecule has 3 heterocycles. The molecule has 1 N–H and O–H groups in total. The number of piperazine rings is 1. The zero-order valence-corrected chi connectivity index (χ0v) is 24.7. The predicted molar refractivity (Wildman–Crippen MR) is 161 cm³/mol. The first-order chi connectivity index (χ1) is 19.6. The molecule has 41 heavy (non-hydrogen) atoms. The van der Waals surface area contributed by atoms with Crippen LogP contribution in [-0.2, 0) is 4.79 Å². The Hall–Kier alpha value is -4.05. The van der Waals surface area contributed by atoms with Crippen LogP contribution in [0.15, 0.2) is 37.1 Å². The van der Waals surface area contributed by atoms with Crippen molar-refractivity contribution in [2.45, 2.75) is 46.2 Å². The second-order valence-electron chi connectivity index (χ2n) is 11.3. The maximum atomic E-state index is 16.8. The molecule has 0 bridgehead atoms. The minimum absolute atomic E-state index is 0.0705. The van der Waals surface area contributed by atoms with E-state index in [-0.39, 0.29) is 29.5 Å². The average Bonchev–Trinajstić information content (AvgIpc) is 3.42. The molecule has 1 fully saturated rings. The number of hydrogen-bond donors (Lipinski definition) is 1. The number of carbonyl (C=O) groups is 1. The topological polar surface area (TPSA) is 90.5 Å². The van der Waals surface area contributed by atoms with E-state index in [1.54, 1.807) is 6.20 Å². The number of rotatable bonds is 8. The molecule has 9 nitrogen and oxygen atoms in total. The van der Waals surface area contributed by atoms with Crippen LogP contribution in [0, 0.1) is 19.7 Å². The minimum atomic E-state index is -0.423. The summed E-state index contributed by atoms with van der Waals surface area (Å²) in [5.74, 6) is 0.0807. The van der Waals surface area contributed by atoms with Crippen molar-refractivity contribution < 1.29 is 13.9 Å². The number of aromatic amines is 1. The van der Waals surface area contributed by atoms with Gasteiger partial charge in [-0.25, -0.2) is 4.39 Å². The Morgan fingerprint density at radius 2 is 1.95 bits per heavy atom. The van der Waals surface area contributed by atoms with Crippen molar-refractivity contribution in [3.63, 3.8) is 0 Å². The molecule has 216 valence electrons. The van der Waals surface area contributed by atoms with E-state index in [9.17, 15) is 4.79 Å². The number of nitrogens with one attached hydrogen (secondary N) is 1. The maximum Gasteiger partial charge on any atom is 0.319 e. The van der Waals surface area contributed by atoms with Gasteiger partial charge in [-0.15, -0.1) is 0 Å². The third-order valence-electron chi connectivity index (χ3n) is 7.86. The lowest BCUT2D eigenvalue weighted by atomic mass is 9.92. The first kappa shape index (κ1) is 28.5. The highest BCUT2D eigenvalue weighted by atomic mass is 19.1. The first-order valence-corrected chi connectivity index (χ1v) is 14.0. The van der Waals surface area contributed by atoms with Gasteiger partial charge in [0.2, 0.25) is 5.91 Å². The van der Waals surface area contributed by atoms with E-state index >= 15 is 4.39 Å². The summed E-state index contributed by atoms with van der Waals surface area (Å²) < 4.78 is 22.8. The highest BCUT2D eigenvalue weighted by Crippen LogP contribution is 2.40. The van der Waals surface area contributed by atoms with Crippen molar-refractivity contribution in [2.24, 2.45) is 0 Å². The lowest BCUT2D eigenvalue weighted by Gasteiger charge is -2.44. The number of amides is 1. The van der Waals surface area contributed by atoms with Crippen molar-refractivity contribution in [1.82, 2.24) is 30.0 Å². The fourth-order valence-corrected chi connectivity index (χ4v) is 5.74. The molecule has 1 amide bonds. The molecule has 10 heteroatoms. The Morgan fingerprint density at radius 1 is 1.17 bits per heavy atom. The second-order valence-corrected chi connectivity index (χ2v) is 11.3. The highest BCUT2D eigenvalue weighted by Gasteiger charge is 2.34. The number of halogens is 1. The van der Waals surface area contributed by atoms with E-state index in [1.807, 2.05) is 64.9 Å². The maximum absolute atomic E-state index is 16.8. The molecular weight excluding hydrogens is 521 g/mol. The smallest absolute Gasteiger partial charge is 0.319 e. The number of benzene rings is 2. The van der Waals surface area contributed by atoms with Gasteiger partial charge in [0.25, 0.3) is 0 Å². The van der Waals surface area contributed by atoms with Gasteiger partial charge in [-0.2, -0.15) is 15.1 Å². The lowest BCUT2D eigenvalue weighted by Crippen LogP contribution is -2.58. The summed E-state index contributed by atoms with van der Waals surface area (Å²) in [6.45, 7) is 13.9. The van der Waals surface area contributed by atoms with E-state index in [4.69, 9.17) is 9.72 Å². The van der Waals surface area contributed by atoms with Gasteiger partial charge >= 0.3 is 6.01 Å². The summed E-state index contributed by atoms with van der Waals surface area (Å²) in [7, 11) is 4.01. The van der Waals surface area contributed by atoms with Crippen molar-refractivity contribution in [2.75, 3.05) is 45.2 Å². The molecule has 2 atom stereocenters. The molecule has 0 radical (unpaired) electrons. The zero-order chi connectivity index (χ0) is 29.4. The standard InChI is InChI=1S/C31H38FN7O2/c1-8-24(40)38-16-21(5)39(17-20(38)4)30-23-14-19(3)25(26-18(2)10-11-22-15-33-36-28(22)26)27(32)29(23)34-31(35-30)41-13-9-12-37(6)7/h8,10-11,14-15,20-21H,1,9,12-13,16-17H2,2-7H3,(H,33,36)/t20-,21+/m1/s1. The summed E-state index contributed by atoms with van der Waals surface area (Å²) in [6.07, 6.45) is 3.87. The zero-order valence-electron chi connectivity index (χ0n) is 24.7. The average molecular weight is 560 g/mol. The highest BCUT2D eigenvalue weighted by molar-refractivity contribution is 6.01. The first-order valence-electron chi connectivity index (χ1n) is 14.0. The predicted octanol–water partition coefficient (Wildman–Crippen LogP) is 4.87. The molecule has 4 aromatic rings. The normalized spacial score (nSPS) is 17.6. The SMILES string of the molecule is C=CC(=O)N1C[C@H](C)N(c2nc(OCCCN(C)C)nc3c(F)c(-c4c(C)ccc5cn[nH]c45)c(C)cc23)C[C@H]1C. The molecule has 5 rings (SSSR count). The molecule has 0 aliphatic carbocycles. The summed E-state index contributed by atoms with van der Waals surface area (Å²) in [4.78, 5) is 28.0. The van der Waals surface area contributed by atoms with Gasteiger partial charge in [0.05, 0.1) is 18.3 Å². The van der Waals surface area contributed by atoms with Crippen LogP contribution in [0.5, 0.6) is 6.01 Å². The Morgan fingerprint density at radius 3 is 2.68 bits per heavy atom. The van der Waals surface area contributed by atoms with Crippen LogP contribution in [0.25, 0.3) is 32.9 Å². The molecule has 0 saturated carbocycles. The van der Waals surface area contributed by atoms with E-state index in [0.717, 1.165) is 40.6 Å². The van der Waals surface area contributed by atoms with E-state index in [1.165, 1.54) is 6.08 Å². The van der Waals surface area contributed by atoms with Crippen molar-refractivity contribution in [1.29, 1.82) is 0 Å². The number of ether oxygens (including phenoxy) is 1. The number of hydrogen-bond acceptors (Lipinski definition) is 7. The van der Waals surface area contributed by atoms with E-state index in [0.29, 0.717) is 36.5 Å². The van der Waals surface area contributed by atoms with Gasteiger partial charge in [0.1, 0.15) is 11.3 Å². The number of fused-ring (bicyclic) bond motifs is 2. The molecule has 1 aliphatic heterocycles. The number of carbonyl (C=O) groups excluding carboxylic acids is 1. The molecule has 2 aromatic heterocycles. The van der Waals surface area contributed by atoms with Gasteiger partial charge in [-0.3, -0.25) is 9.89 Å². The van der Waals surface area contributed by atoms with Gasteiger partial charge in [-0.1, -0.05) is 18.7 Å². The fourth-order valence-electron chi connectivity index (χ4n) is 5.74. The summed E-state index contributed by atoms with van der Waals surface area (Å²) in [5.41, 5.74) is 3.94. The molecule has 1 aliphatic rings. The Balaban J connectivity index is 1.66. The molecule has 0 unspecified atom stereocenters. The quantitative estimate of drug-likeness (QED) is 0.243. The van der Waals surface area contributed by atoms with E-state index in [2.05, 4.69) is 31.6 Å². The van der Waals surface area contributed by atoms with Crippen LogP contribution >= 0.6 is 0 Å². The minimum Gasteiger partial charge on any atom is -0.463 e.